The monoisotopic (exact) mass is 476 g/mol. The van der Waals surface area contributed by atoms with E-state index in [1.54, 1.807) is 12.2 Å². The van der Waals surface area contributed by atoms with Gasteiger partial charge in [0.25, 0.3) is 0 Å². The minimum atomic E-state index is -1.17. The standard InChI is InChI=1S/C26H36O8/c1-8-14(2)9-10-25(7)15(3)11-22(30)26-20(12-19(13-21(25)26)31-16(4)27)23(32-17(5)28)34-24(26)33-18(6)29/h8-9,12,15,19,21-24,30H,1,10-11,13H2,2-7H3/b14-9+/t15-,19+,21+,22-,23-,24-,25+,26-/m0/s1. The van der Waals surface area contributed by atoms with Gasteiger partial charge in [-0.25, -0.2) is 0 Å². The van der Waals surface area contributed by atoms with E-state index in [0.29, 0.717) is 24.8 Å². The zero-order valence-electron chi connectivity index (χ0n) is 20.8. The number of carbonyl (C=O) groups is 3. The molecule has 8 nitrogen and oxygen atoms in total. The highest BCUT2D eigenvalue weighted by Crippen LogP contribution is 2.67. The van der Waals surface area contributed by atoms with Crippen LogP contribution >= 0.6 is 0 Å². The molecule has 8 heteroatoms. The van der Waals surface area contributed by atoms with E-state index in [9.17, 15) is 19.5 Å². The summed E-state index contributed by atoms with van der Waals surface area (Å²) in [6, 6.07) is 0. The second kappa shape index (κ2) is 9.66. The summed E-state index contributed by atoms with van der Waals surface area (Å²) in [7, 11) is 0. The largest absolute Gasteiger partial charge is 0.458 e. The fraction of sp³-hybridized carbons (Fsp3) is 0.654. The van der Waals surface area contributed by atoms with Crippen molar-refractivity contribution < 1.29 is 38.4 Å². The van der Waals surface area contributed by atoms with E-state index in [-0.39, 0.29) is 11.8 Å². The van der Waals surface area contributed by atoms with E-state index in [1.807, 2.05) is 6.92 Å². The Morgan fingerprint density at radius 2 is 1.74 bits per heavy atom. The first-order chi connectivity index (χ1) is 15.9. The van der Waals surface area contributed by atoms with Gasteiger partial charge in [-0.05, 0) is 49.5 Å². The van der Waals surface area contributed by atoms with Gasteiger partial charge in [-0.1, -0.05) is 38.2 Å². The maximum absolute atomic E-state index is 12.1. The maximum atomic E-state index is 12.1. The third-order valence-corrected chi connectivity index (χ3v) is 7.90. The molecule has 3 aliphatic rings. The molecule has 2 aliphatic carbocycles. The number of aliphatic hydroxyl groups is 1. The van der Waals surface area contributed by atoms with Gasteiger partial charge in [0, 0.05) is 26.3 Å². The molecule has 3 rings (SSSR count). The molecule has 1 saturated carbocycles. The molecule has 8 atom stereocenters. The molecule has 1 saturated heterocycles. The first kappa shape index (κ1) is 26.2. The molecule has 1 N–H and O–H groups in total. The van der Waals surface area contributed by atoms with E-state index in [0.717, 1.165) is 5.57 Å². The minimum absolute atomic E-state index is 0.0788. The Labute approximate surface area is 201 Å². The summed E-state index contributed by atoms with van der Waals surface area (Å²) < 4.78 is 22.7. The molecule has 1 heterocycles. The lowest BCUT2D eigenvalue weighted by Crippen LogP contribution is -2.63. The Bertz CT molecular complexity index is 920. The molecule has 1 aliphatic heterocycles. The van der Waals surface area contributed by atoms with Crippen LogP contribution in [0.15, 0.2) is 36.0 Å². The second-order valence-corrected chi connectivity index (χ2v) is 10.0. The molecule has 2 fully saturated rings. The van der Waals surface area contributed by atoms with Gasteiger partial charge in [-0.3, -0.25) is 19.1 Å². The van der Waals surface area contributed by atoms with E-state index < -0.39 is 53.5 Å². The highest BCUT2D eigenvalue weighted by atomic mass is 16.8. The van der Waals surface area contributed by atoms with Crippen LogP contribution in [0.5, 0.6) is 0 Å². The molecule has 0 radical (unpaired) electrons. The van der Waals surface area contributed by atoms with E-state index >= 15 is 0 Å². The van der Waals surface area contributed by atoms with Crippen LogP contribution in [0.4, 0.5) is 0 Å². The first-order valence-electron chi connectivity index (χ1n) is 11.7. The Kier molecular flexibility index (Phi) is 7.43. The van der Waals surface area contributed by atoms with Crippen LogP contribution in [0.25, 0.3) is 0 Å². The van der Waals surface area contributed by atoms with Gasteiger partial charge < -0.3 is 19.3 Å². The summed E-state index contributed by atoms with van der Waals surface area (Å²) in [5.74, 6) is -1.83. The number of aliphatic hydroxyl groups excluding tert-OH is 1. The number of carbonyl (C=O) groups excluding carboxylic acids is 3. The Hall–Kier alpha value is -2.45. The molecular formula is C26H36O8. The lowest BCUT2D eigenvalue weighted by Gasteiger charge is -2.60. The molecule has 188 valence electrons. The van der Waals surface area contributed by atoms with Crippen LogP contribution in [0.1, 0.15) is 60.8 Å². The SMILES string of the molecule is C=C/C(C)=C/C[C@@]1(C)[C@H]2C[C@H](OC(C)=O)C=C3[C@@H](OC(C)=O)O[C@H](OC(C)=O)[C@@]32[C@@H](O)C[C@@H]1C. The molecule has 0 aromatic carbocycles. The van der Waals surface area contributed by atoms with Crippen molar-refractivity contribution in [3.8, 4) is 0 Å². The average molecular weight is 477 g/mol. The van der Waals surface area contributed by atoms with Crippen molar-refractivity contribution in [1.29, 1.82) is 0 Å². The van der Waals surface area contributed by atoms with Gasteiger partial charge in [0.15, 0.2) is 0 Å². The number of hydrogen-bond acceptors (Lipinski definition) is 8. The molecule has 0 aromatic heterocycles. The first-order valence-corrected chi connectivity index (χ1v) is 11.7. The molecule has 0 bridgehead atoms. The molecule has 0 unspecified atom stereocenters. The van der Waals surface area contributed by atoms with Crippen molar-refractivity contribution in [3.63, 3.8) is 0 Å². The molecule has 0 amide bonds. The summed E-state index contributed by atoms with van der Waals surface area (Å²) in [4.78, 5) is 35.8. The van der Waals surface area contributed by atoms with Gasteiger partial charge in [-0.15, -0.1) is 0 Å². The third kappa shape index (κ3) is 4.45. The van der Waals surface area contributed by atoms with E-state index in [2.05, 4.69) is 26.5 Å². The van der Waals surface area contributed by atoms with Gasteiger partial charge >= 0.3 is 17.9 Å². The number of ether oxygens (including phenoxy) is 4. The number of esters is 3. The zero-order valence-corrected chi connectivity index (χ0v) is 20.8. The predicted octanol–water partition coefficient (Wildman–Crippen LogP) is 3.59. The fourth-order valence-corrected chi connectivity index (χ4v) is 6.08. The number of rotatable bonds is 6. The summed E-state index contributed by atoms with van der Waals surface area (Å²) in [6.07, 6.45) is 3.21. The van der Waals surface area contributed by atoms with E-state index in [4.69, 9.17) is 18.9 Å². The summed E-state index contributed by atoms with van der Waals surface area (Å²) in [5, 5.41) is 11.6. The van der Waals surface area contributed by atoms with Crippen LogP contribution in [0.3, 0.4) is 0 Å². The van der Waals surface area contributed by atoms with Crippen LogP contribution in [-0.4, -0.2) is 47.8 Å². The molecular weight excluding hydrogens is 440 g/mol. The van der Waals surface area contributed by atoms with Crippen molar-refractivity contribution >= 4 is 17.9 Å². The molecule has 34 heavy (non-hydrogen) atoms. The van der Waals surface area contributed by atoms with Crippen molar-refractivity contribution in [2.24, 2.45) is 22.7 Å². The van der Waals surface area contributed by atoms with E-state index in [1.165, 1.54) is 20.8 Å². The Morgan fingerprint density at radius 1 is 1.12 bits per heavy atom. The van der Waals surface area contributed by atoms with Crippen molar-refractivity contribution in [2.75, 3.05) is 0 Å². The van der Waals surface area contributed by atoms with Crippen molar-refractivity contribution in [1.82, 2.24) is 0 Å². The lowest BCUT2D eigenvalue weighted by molar-refractivity contribution is -0.253. The third-order valence-electron chi connectivity index (χ3n) is 7.90. The number of allylic oxidation sites excluding steroid dienone is 3. The molecule has 0 aromatic rings. The molecule has 1 spiro atoms. The summed E-state index contributed by atoms with van der Waals surface area (Å²) in [5.41, 5.74) is -0.0475. The van der Waals surface area contributed by atoms with Crippen LogP contribution in [-0.2, 0) is 33.3 Å². The van der Waals surface area contributed by atoms with Gasteiger partial charge in [0.05, 0.1) is 11.5 Å². The van der Waals surface area contributed by atoms with Crippen LogP contribution in [0.2, 0.25) is 0 Å². The number of hydrogen-bond donors (Lipinski definition) is 1. The van der Waals surface area contributed by atoms with Gasteiger partial charge in [-0.2, -0.15) is 0 Å². The quantitative estimate of drug-likeness (QED) is 0.268. The second-order valence-electron chi connectivity index (χ2n) is 10.0. The Balaban J connectivity index is 2.23. The lowest BCUT2D eigenvalue weighted by atomic mass is 9.45. The topological polar surface area (TPSA) is 108 Å². The van der Waals surface area contributed by atoms with Crippen LogP contribution < -0.4 is 0 Å². The van der Waals surface area contributed by atoms with Crippen molar-refractivity contribution in [3.05, 3.63) is 36.0 Å². The predicted molar refractivity (Wildman–Crippen MR) is 123 cm³/mol. The van der Waals surface area contributed by atoms with Gasteiger partial charge in [0.1, 0.15) is 6.10 Å². The fourth-order valence-electron chi connectivity index (χ4n) is 6.08. The smallest absolute Gasteiger partial charge is 0.305 e. The average Bonchev–Trinajstić information content (AvgIpc) is 3.02. The normalized spacial score (nSPS) is 39.3. The van der Waals surface area contributed by atoms with Gasteiger partial charge in [0.2, 0.25) is 12.6 Å². The highest BCUT2D eigenvalue weighted by molar-refractivity contribution is 5.68. The minimum Gasteiger partial charge on any atom is -0.458 e. The maximum Gasteiger partial charge on any atom is 0.305 e. The summed E-state index contributed by atoms with van der Waals surface area (Å²) >= 11 is 0. The Morgan fingerprint density at radius 3 is 2.29 bits per heavy atom. The zero-order chi connectivity index (χ0) is 25.4. The highest BCUT2D eigenvalue weighted by Gasteiger charge is 2.71. The van der Waals surface area contributed by atoms with Crippen molar-refractivity contribution in [2.45, 2.75) is 85.6 Å². The summed E-state index contributed by atoms with van der Waals surface area (Å²) in [6.45, 7) is 13.9. The van der Waals surface area contributed by atoms with Crippen LogP contribution in [0, 0.1) is 22.7 Å².